The highest BCUT2D eigenvalue weighted by Crippen LogP contribution is 2.26. The van der Waals surface area contributed by atoms with Crippen LogP contribution in [0.25, 0.3) is 0 Å². The number of hydrogen-bond donors (Lipinski definition) is 1. The normalized spacial score (nSPS) is 10.3. The minimum Gasteiger partial charge on any atom is -0.373 e. The first-order valence-electron chi connectivity index (χ1n) is 5.78. The van der Waals surface area contributed by atoms with Gasteiger partial charge in [-0.25, -0.2) is 4.98 Å². The summed E-state index contributed by atoms with van der Waals surface area (Å²) in [7, 11) is 3.55. The van der Waals surface area contributed by atoms with Gasteiger partial charge in [0.25, 0.3) is 5.69 Å². The molecule has 0 aromatic carbocycles. The molecule has 1 N–H and O–H groups in total. The molecular weight excluding hydrogens is 344 g/mol. The SMILES string of the molecule is CNc1cc([N+](=O)[O-])cc(N(C)Cc2cc(Br)cs2)n1. The van der Waals surface area contributed by atoms with Crippen molar-refractivity contribution in [2.75, 3.05) is 24.3 Å². The standard InChI is InChI=1S/C12H13BrN4O2S/c1-14-11-4-9(17(18)19)5-12(15-11)16(2)6-10-3-8(13)7-20-10/h3-5,7H,6H2,1-2H3,(H,14,15). The second-order valence-electron chi connectivity index (χ2n) is 4.16. The molecule has 0 spiro atoms. The number of aromatic nitrogens is 1. The van der Waals surface area contributed by atoms with E-state index in [1.54, 1.807) is 18.4 Å². The Morgan fingerprint density at radius 3 is 2.80 bits per heavy atom. The number of hydrogen-bond acceptors (Lipinski definition) is 6. The van der Waals surface area contributed by atoms with Crippen molar-refractivity contribution in [2.45, 2.75) is 6.54 Å². The third-order valence-corrected chi connectivity index (χ3v) is 4.35. The van der Waals surface area contributed by atoms with Crippen LogP contribution in [0.15, 0.2) is 28.1 Å². The van der Waals surface area contributed by atoms with Gasteiger partial charge in [0.05, 0.1) is 23.6 Å². The summed E-state index contributed by atoms with van der Waals surface area (Å²) < 4.78 is 1.04. The fourth-order valence-corrected chi connectivity index (χ4v) is 3.19. The van der Waals surface area contributed by atoms with Crippen molar-refractivity contribution in [3.05, 3.63) is 43.0 Å². The van der Waals surface area contributed by atoms with Crippen molar-refractivity contribution in [3.8, 4) is 0 Å². The van der Waals surface area contributed by atoms with E-state index < -0.39 is 4.92 Å². The van der Waals surface area contributed by atoms with E-state index >= 15 is 0 Å². The first-order valence-corrected chi connectivity index (χ1v) is 7.45. The topological polar surface area (TPSA) is 71.3 Å². The van der Waals surface area contributed by atoms with Crippen LogP contribution in [0.1, 0.15) is 4.88 Å². The van der Waals surface area contributed by atoms with E-state index in [1.165, 1.54) is 12.1 Å². The Morgan fingerprint density at radius 2 is 2.25 bits per heavy atom. The average Bonchev–Trinajstić information content (AvgIpc) is 2.83. The van der Waals surface area contributed by atoms with Crippen LogP contribution in [0.2, 0.25) is 0 Å². The fraction of sp³-hybridized carbons (Fsp3) is 0.250. The summed E-state index contributed by atoms with van der Waals surface area (Å²) in [6, 6.07) is 4.92. The molecule has 0 aliphatic heterocycles. The van der Waals surface area contributed by atoms with Crippen molar-refractivity contribution in [3.63, 3.8) is 0 Å². The molecule has 2 aromatic heterocycles. The molecule has 0 saturated heterocycles. The van der Waals surface area contributed by atoms with E-state index in [9.17, 15) is 10.1 Å². The first kappa shape index (κ1) is 14.7. The molecule has 0 aliphatic rings. The van der Waals surface area contributed by atoms with Gasteiger partial charge in [-0.2, -0.15) is 0 Å². The Balaban J connectivity index is 2.26. The van der Waals surface area contributed by atoms with Crippen LogP contribution in [0.5, 0.6) is 0 Å². The van der Waals surface area contributed by atoms with Gasteiger partial charge >= 0.3 is 0 Å². The van der Waals surface area contributed by atoms with Gasteiger partial charge < -0.3 is 10.2 Å². The largest absolute Gasteiger partial charge is 0.373 e. The van der Waals surface area contributed by atoms with Crippen LogP contribution >= 0.6 is 27.3 Å². The monoisotopic (exact) mass is 356 g/mol. The molecule has 0 radical (unpaired) electrons. The van der Waals surface area contributed by atoms with E-state index in [4.69, 9.17) is 0 Å². The van der Waals surface area contributed by atoms with Crippen LogP contribution < -0.4 is 10.2 Å². The van der Waals surface area contributed by atoms with Gasteiger partial charge in [-0.15, -0.1) is 11.3 Å². The molecule has 0 unspecified atom stereocenters. The zero-order valence-electron chi connectivity index (χ0n) is 11.0. The molecular formula is C12H13BrN4O2S. The molecule has 2 rings (SSSR count). The van der Waals surface area contributed by atoms with Gasteiger partial charge in [-0.3, -0.25) is 10.1 Å². The van der Waals surface area contributed by atoms with E-state index in [2.05, 4.69) is 26.2 Å². The number of rotatable bonds is 5. The van der Waals surface area contributed by atoms with Crippen LogP contribution in [0, 0.1) is 10.1 Å². The number of nitrogens with zero attached hydrogens (tertiary/aromatic N) is 3. The number of thiophene rings is 1. The highest BCUT2D eigenvalue weighted by Gasteiger charge is 2.14. The summed E-state index contributed by atoms with van der Waals surface area (Å²) in [5.41, 5.74) is 0.0264. The van der Waals surface area contributed by atoms with Gasteiger partial charge in [-0.05, 0) is 22.0 Å². The smallest absolute Gasteiger partial charge is 0.276 e. The predicted molar refractivity (Wildman–Crippen MR) is 84.6 cm³/mol. The minimum atomic E-state index is -0.415. The van der Waals surface area contributed by atoms with Crippen molar-refractivity contribution < 1.29 is 4.92 Å². The Bertz CT molecular complexity index is 632. The van der Waals surface area contributed by atoms with Gasteiger partial charge in [0.15, 0.2) is 0 Å². The van der Waals surface area contributed by atoms with Crippen LogP contribution in [0.3, 0.4) is 0 Å². The molecule has 6 nitrogen and oxygen atoms in total. The third kappa shape index (κ3) is 3.45. The Morgan fingerprint density at radius 1 is 1.50 bits per heavy atom. The molecule has 0 amide bonds. The molecule has 0 bridgehead atoms. The number of anilines is 2. The highest BCUT2D eigenvalue weighted by molar-refractivity contribution is 9.10. The highest BCUT2D eigenvalue weighted by atomic mass is 79.9. The summed E-state index contributed by atoms with van der Waals surface area (Å²) in [6.45, 7) is 0.646. The zero-order valence-corrected chi connectivity index (χ0v) is 13.4. The van der Waals surface area contributed by atoms with E-state index in [0.717, 1.165) is 9.35 Å². The molecule has 2 heterocycles. The predicted octanol–water partition coefficient (Wildman–Crippen LogP) is 3.49. The van der Waals surface area contributed by atoms with Crippen molar-refractivity contribution >= 4 is 44.6 Å². The molecule has 106 valence electrons. The van der Waals surface area contributed by atoms with Crippen molar-refractivity contribution in [1.82, 2.24) is 4.98 Å². The van der Waals surface area contributed by atoms with E-state index in [1.807, 2.05) is 23.4 Å². The molecule has 0 fully saturated rings. The molecule has 0 saturated carbocycles. The van der Waals surface area contributed by atoms with Crippen LogP contribution in [0.4, 0.5) is 17.3 Å². The fourth-order valence-electron chi connectivity index (χ4n) is 1.68. The summed E-state index contributed by atoms with van der Waals surface area (Å²) in [4.78, 5) is 17.9. The number of nitrogens with one attached hydrogen (secondary N) is 1. The number of nitro groups is 1. The molecule has 0 atom stereocenters. The quantitative estimate of drug-likeness (QED) is 0.655. The van der Waals surface area contributed by atoms with Gasteiger partial charge in [0.2, 0.25) is 0 Å². The molecule has 2 aromatic rings. The minimum absolute atomic E-state index is 0.0264. The summed E-state index contributed by atoms with van der Waals surface area (Å²) in [5.74, 6) is 1.04. The first-order chi connectivity index (χ1) is 9.49. The van der Waals surface area contributed by atoms with Crippen molar-refractivity contribution in [2.24, 2.45) is 0 Å². The second-order valence-corrected chi connectivity index (χ2v) is 6.07. The molecule has 8 heteroatoms. The maximum atomic E-state index is 10.9. The lowest BCUT2D eigenvalue weighted by Gasteiger charge is -2.17. The molecule has 0 aliphatic carbocycles. The Kier molecular flexibility index (Phi) is 4.56. The maximum absolute atomic E-state index is 10.9. The summed E-state index contributed by atoms with van der Waals surface area (Å²) in [5, 5.41) is 15.8. The number of pyridine rings is 1. The summed E-state index contributed by atoms with van der Waals surface area (Å²) >= 11 is 5.04. The molecule has 20 heavy (non-hydrogen) atoms. The van der Waals surface area contributed by atoms with Crippen LogP contribution in [-0.2, 0) is 6.54 Å². The third-order valence-electron chi connectivity index (χ3n) is 2.67. The van der Waals surface area contributed by atoms with E-state index in [-0.39, 0.29) is 5.69 Å². The van der Waals surface area contributed by atoms with Gasteiger partial charge in [-0.1, -0.05) is 0 Å². The van der Waals surface area contributed by atoms with E-state index in [0.29, 0.717) is 18.2 Å². The van der Waals surface area contributed by atoms with Gasteiger partial charge in [0.1, 0.15) is 11.6 Å². The average molecular weight is 357 g/mol. The Labute approximate surface area is 128 Å². The van der Waals surface area contributed by atoms with Gasteiger partial charge in [0, 0.05) is 28.8 Å². The lowest BCUT2D eigenvalue weighted by atomic mass is 10.3. The van der Waals surface area contributed by atoms with Crippen LogP contribution in [-0.4, -0.2) is 24.0 Å². The zero-order chi connectivity index (χ0) is 14.7. The number of halogens is 1. The van der Waals surface area contributed by atoms with Crippen molar-refractivity contribution in [1.29, 1.82) is 0 Å². The summed E-state index contributed by atoms with van der Waals surface area (Å²) in [6.07, 6.45) is 0. The Hall–Kier alpha value is -1.67. The lowest BCUT2D eigenvalue weighted by molar-refractivity contribution is -0.384. The maximum Gasteiger partial charge on any atom is 0.276 e. The second kappa shape index (κ2) is 6.19. The lowest BCUT2D eigenvalue weighted by Crippen LogP contribution is -2.17.